The van der Waals surface area contributed by atoms with Gasteiger partial charge in [0.25, 0.3) is 0 Å². The zero-order valence-electron chi connectivity index (χ0n) is 12.9. The summed E-state index contributed by atoms with van der Waals surface area (Å²) in [6.07, 6.45) is 0.178. The highest BCUT2D eigenvalue weighted by Gasteiger charge is 2.65. The number of benzene rings is 1. The normalized spacial score (nSPS) is 31.3. The van der Waals surface area contributed by atoms with Gasteiger partial charge in [-0.05, 0) is 12.5 Å². The Labute approximate surface area is 148 Å². The fourth-order valence-electron chi connectivity index (χ4n) is 3.14. The van der Waals surface area contributed by atoms with Gasteiger partial charge in [0.1, 0.15) is 17.5 Å². The molecule has 2 heterocycles. The Hall–Kier alpha value is -1.73. The number of rotatable bonds is 5. The Morgan fingerprint density at radius 1 is 1.38 bits per heavy atom. The van der Waals surface area contributed by atoms with E-state index in [1.807, 2.05) is 30.3 Å². The van der Waals surface area contributed by atoms with Crippen molar-refractivity contribution < 1.29 is 19.5 Å². The molecule has 3 rings (SSSR count). The van der Waals surface area contributed by atoms with Crippen LogP contribution < -0.4 is 5.32 Å². The number of hydrogen-bond donors (Lipinski definition) is 2. The van der Waals surface area contributed by atoms with Crippen LogP contribution in [-0.2, 0) is 20.8 Å². The first kappa shape index (κ1) is 17.1. The summed E-state index contributed by atoms with van der Waals surface area (Å²) in [6, 6.07) is 7.55. The maximum absolute atomic E-state index is 12.3. The quantitative estimate of drug-likeness (QED) is 0.600. The van der Waals surface area contributed by atoms with Gasteiger partial charge < -0.3 is 15.3 Å². The summed E-state index contributed by atoms with van der Waals surface area (Å²) < 4.78 is -0.771. The first-order chi connectivity index (χ1) is 11.4. The minimum atomic E-state index is -1.07. The molecule has 2 saturated heterocycles. The van der Waals surface area contributed by atoms with Gasteiger partial charge >= 0.3 is 5.97 Å². The SMILES string of the molecule is C[C@@]1(CCl)S[C@@H]2[C@H](NC(=O)Cc3ccccc3)C(=O)N2[C@H]1C(=O)O. The molecule has 2 aliphatic heterocycles. The average molecular weight is 369 g/mol. The molecule has 0 unspecified atom stereocenters. The summed E-state index contributed by atoms with van der Waals surface area (Å²) in [6.45, 7) is 1.73. The lowest BCUT2D eigenvalue weighted by Crippen LogP contribution is -2.70. The maximum Gasteiger partial charge on any atom is 0.327 e. The van der Waals surface area contributed by atoms with Gasteiger partial charge in [-0.2, -0.15) is 0 Å². The Bertz CT molecular complexity index is 686. The summed E-state index contributed by atoms with van der Waals surface area (Å²) in [7, 11) is 0. The molecule has 0 aliphatic carbocycles. The summed E-state index contributed by atoms with van der Waals surface area (Å²) >= 11 is 7.28. The number of hydrogen-bond acceptors (Lipinski definition) is 4. The third kappa shape index (κ3) is 2.75. The van der Waals surface area contributed by atoms with Crippen LogP contribution >= 0.6 is 23.4 Å². The largest absolute Gasteiger partial charge is 0.480 e. The van der Waals surface area contributed by atoms with Gasteiger partial charge in [0.2, 0.25) is 11.8 Å². The van der Waals surface area contributed by atoms with Crippen molar-refractivity contribution in [3.05, 3.63) is 35.9 Å². The fourth-order valence-corrected chi connectivity index (χ4v) is 5.10. The lowest BCUT2D eigenvalue weighted by Gasteiger charge is -2.43. The van der Waals surface area contributed by atoms with Crippen LogP contribution in [0.5, 0.6) is 0 Å². The number of nitrogens with zero attached hydrogens (tertiary/aromatic N) is 1. The second-order valence-electron chi connectivity index (χ2n) is 6.15. The Morgan fingerprint density at radius 2 is 2.04 bits per heavy atom. The lowest BCUT2D eigenvalue weighted by molar-refractivity contribution is -0.161. The molecule has 0 saturated carbocycles. The zero-order valence-corrected chi connectivity index (χ0v) is 14.5. The topological polar surface area (TPSA) is 86.7 Å². The summed E-state index contributed by atoms with van der Waals surface area (Å²) in [5, 5.41) is 11.8. The minimum Gasteiger partial charge on any atom is -0.480 e. The van der Waals surface area contributed by atoms with E-state index in [9.17, 15) is 19.5 Å². The van der Waals surface area contributed by atoms with Gasteiger partial charge in [-0.1, -0.05) is 30.3 Å². The van der Waals surface area contributed by atoms with Crippen molar-refractivity contribution in [1.82, 2.24) is 10.2 Å². The molecule has 8 heteroatoms. The number of fused-ring (bicyclic) bond motifs is 1. The number of carbonyl (C=O) groups is 3. The molecule has 0 bridgehead atoms. The predicted octanol–water partition coefficient (Wildman–Crippen LogP) is 1.08. The first-order valence-corrected chi connectivity index (χ1v) is 8.91. The van der Waals surface area contributed by atoms with Crippen LogP contribution in [0, 0.1) is 0 Å². The molecule has 1 aromatic carbocycles. The molecular formula is C16H17ClN2O4S. The monoisotopic (exact) mass is 368 g/mol. The van der Waals surface area contributed by atoms with Crippen LogP contribution in [0.3, 0.4) is 0 Å². The maximum atomic E-state index is 12.3. The molecule has 1 aromatic rings. The molecule has 6 nitrogen and oxygen atoms in total. The Balaban J connectivity index is 1.69. The van der Waals surface area contributed by atoms with E-state index < -0.39 is 22.8 Å². The van der Waals surface area contributed by atoms with Crippen LogP contribution in [0.25, 0.3) is 0 Å². The number of amides is 2. The van der Waals surface area contributed by atoms with E-state index in [2.05, 4.69) is 5.32 Å². The van der Waals surface area contributed by atoms with E-state index in [1.54, 1.807) is 6.92 Å². The highest BCUT2D eigenvalue weighted by Crippen LogP contribution is 2.51. The number of carboxylic acid groups (broad SMARTS) is 1. The lowest BCUT2D eigenvalue weighted by atomic mass is 9.95. The number of β-lactam (4-membered cyclic amide) rings is 1. The van der Waals surface area contributed by atoms with Crippen LogP contribution in [0.2, 0.25) is 0 Å². The van der Waals surface area contributed by atoms with Crippen molar-refractivity contribution in [1.29, 1.82) is 0 Å². The van der Waals surface area contributed by atoms with Gasteiger partial charge in [-0.3, -0.25) is 9.59 Å². The van der Waals surface area contributed by atoms with E-state index in [1.165, 1.54) is 16.7 Å². The smallest absolute Gasteiger partial charge is 0.327 e. The third-order valence-electron chi connectivity index (χ3n) is 4.35. The second-order valence-corrected chi connectivity index (χ2v) is 8.07. The number of aliphatic carboxylic acids is 1. The number of carboxylic acids is 1. The van der Waals surface area contributed by atoms with E-state index in [-0.39, 0.29) is 29.5 Å². The zero-order chi connectivity index (χ0) is 17.5. The molecule has 2 N–H and O–H groups in total. The average Bonchev–Trinajstić information content (AvgIpc) is 2.84. The van der Waals surface area contributed by atoms with Crippen molar-refractivity contribution in [3.8, 4) is 0 Å². The predicted molar refractivity (Wildman–Crippen MR) is 90.9 cm³/mol. The molecule has 24 heavy (non-hydrogen) atoms. The molecule has 0 radical (unpaired) electrons. The van der Waals surface area contributed by atoms with Gasteiger partial charge in [-0.15, -0.1) is 23.4 Å². The molecule has 0 aromatic heterocycles. The summed E-state index contributed by atoms with van der Waals surface area (Å²) in [5.41, 5.74) is 0.853. The number of halogens is 1. The molecule has 2 amide bonds. The van der Waals surface area contributed by atoms with Crippen LogP contribution in [-0.4, -0.2) is 55.9 Å². The minimum absolute atomic E-state index is 0.111. The Kier molecular flexibility index (Phi) is 4.48. The molecule has 2 fully saturated rings. The van der Waals surface area contributed by atoms with E-state index >= 15 is 0 Å². The van der Waals surface area contributed by atoms with Gasteiger partial charge in [0.15, 0.2) is 0 Å². The van der Waals surface area contributed by atoms with Gasteiger partial charge in [0, 0.05) is 5.88 Å². The highest BCUT2D eigenvalue weighted by atomic mass is 35.5. The third-order valence-corrected chi connectivity index (χ3v) is 6.71. The highest BCUT2D eigenvalue weighted by molar-refractivity contribution is 8.01. The molecule has 128 valence electrons. The fraction of sp³-hybridized carbons (Fsp3) is 0.438. The van der Waals surface area contributed by atoms with Gasteiger partial charge in [-0.25, -0.2) is 4.79 Å². The van der Waals surface area contributed by atoms with E-state index in [0.29, 0.717) is 0 Å². The summed E-state index contributed by atoms with van der Waals surface area (Å²) in [5.74, 6) is -1.59. The van der Waals surface area contributed by atoms with Crippen molar-refractivity contribution >= 4 is 41.1 Å². The molecule has 2 aliphatic rings. The number of nitrogens with one attached hydrogen (secondary N) is 1. The van der Waals surface area contributed by atoms with Gasteiger partial charge in [0.05, 0.1) is 11.2 Å². The molecule has 4 atom stereocenters. The van der Waals surface area contributed by atoms with E-state index in [4.69, 9.17) is 11.6 Å². The van der Waals surface area contributed by atoms with Crippen molar-refractivity contribution in [2.24, 2.45) is 0 Å². The summed E-state index contributed by atoms with van der Waals surface area (Å²) in [4.78, 5) is 37.4. The van der Waals surface area contributed by atoms with Crippen molar-refractivity contribution in [2.45, 2.75) is 35.5 Å². The van der Waals surface area contributed by atoms with Crippen LogP contribution in [0.1, 0.15) is 12.5 Å². The van der Waals surface area contributed by atoms with Crippen molar-refractivity contribution in [3.63, 3.8) is 0 Å². The number of thioether (sulfide) groups is 1. The molecular weight excluding hydrogens is 352 g/mol. The van der Waals surface area contributed by atoms with E-state index in [0.717, 1.165) is 5.56 Å². The van der Waals surface area contributed by atoms with Crippen LogP contribution in [0.4, 0.5) is 0 Å². The Morgan fingerprint density at radius 3 is 2.62 bits per heavy atom. The molecule has 0 spiro atoms. The first-order valence-electron chi connectivity index (χ1n) is 7.49. The number of carbonyl (C=O) groups excluding carboxylic acids is 2. The van der Waals surface area contributed by atoms with Crippen LogP contribution in [0.15, 0.2) is 30.3 Å². The second kappa shape index (κ2) is 6.29. The van der Waals surface area contributed by atoms with Crippen molar-refractivity contribution in [2.75, 3.05) is 5.88 Å². The standard InChI is InChI=1S/C16H17ClN2O4S/c1-16(8-17)12(15(22)23)19-13(21)11(14(19)24-16)18-10(20)7-9-5-3-2-4-6-9/h2-6,11-12,14H,7-8H2,1H3,(H,18,20)(H,22,23)/t11-,12+,14-,16+/m1/s1. The number of alkyl halides is 1.